The summed E-state index contributed by atoms with van der Waals surface area (Å²) in [7, 11) is 0. The van der Waals surface area contributed by atoms with E-state index in [1.807, 2.05) is 11.1 Å². The highest BCUT2D eigenvalue weighted by molar-refractivity contribution is 5.94. The topological polar surface area (TPSA) is 73.9 Å². The van der Waals surface area contributed by atoms with Crippen molar-refractivity contribution in [2.75, 3.05) is 26.2 Å². The molecular weight excluding hydrogens is 338 g/mol. The molecule has 5 rings (SSSR count). The van der Waals surface area contributed by atoms with Gasteiger partial charge in [-0.3, -0.25) is 14.9 Å². The molecule has 2 fully saturated rings. The van der Waals surface area contributed by atoms with E-state index >= 15 is 0 Å². The van der Waals surface area contributed by atoms with Crippen molar-refractivity contribution in [1.29, 1.82) is 0 Å². The van der Waals surface area contributed by atoms with Crippen LogP contribution < -0.4 is 5.32 Å². The number of pyridine rings is 1. The van der Waals surface area contributed by atoms with E-state index in [1.54, 1.807) is 6.20 Å². The number of amides is 1. The zero-order valence-corrected chi connectivity index (χ0v) is 15.7. The van der Waals surface area contributed by atoms with Gasteiger partial charge in [0.1, 0.15) is 0 Å². The van der Waals surface area contributed by atoms with Crippen molar-refractivity contribution < 1.29 is 4.79 Å². The Bertz CT molecular complexity index is 835. The molecule has 0 bridgehead atoms. The molecule has 2 aliphatic heterocycles. The van der Waals surface area contributed by atoms with Crippen molar-refractivity contribution in [3.63, 3.8) is 0 Å². The predicted molar refractivity (Wildman–Crippen MR) is 103 cm³/mol. The lowest BCUT2D eigenvalue weighted by Gasteiger charge is -2.20. The average molecular weight is 365 g/mol. The van der Waals surface area contributed by atoms with Crippen LogP contribution in [0.3, 0.4) is 0 Å². The first-order valence-corrected chi connectivity index (χ1v) is 10.3. The minimum Gasteiger partial charge on any atom is -0.338 e. The molecule has 1 unspecified atom stereocenters. The smallest absolute Gasteiger partial charge is 0.255 e. The van der Waals surface area contributed by atoms with Crippen molar-refractivity contribution in [2.24, 2.45) is 5.92 Å². The molecule has 2 aromatic heterocycles. The van der Waals surface area contributed by atoms with Crippen molar-refractivity contribution in [3.8, 4) is 0 Å². The molecular formula is C21H27N5O. The predicted octanol–water partition coefficient (Wildman–Crippen LogP) is 2.08. The van der Waals surface area contributed by atoms with Crippen molar-refractivity contribution >= 4 is 5.91 Å². The lowest BCUT2D eigenvalue weighted by molar-refractivity contribution is 0.0762. The number of carbonyl (C=O) groups is 1. The maximum Gasteiger partial charge on any atom is 0.255 e. The van der Waals surface area contributed by atoms with Crippen LogP contribution in [0.25, 0.3) is 0 Å². The fourth-order valence-corrected chi connectivity index (χ4v) is 4.53. The van der Waals surface area contributed by atoms with Crippen LogP contribution in [-0.4, -0.2) is 52.2 Å². The summed E-state index contributed by atoms with van der Waals surface area (Å²) in [5.74, 6) is 1.42. The third-order valence-electron chi connectivity index (χ3n) is 6.23. The lowest BCUT2D eigenvalue weighted by atomic mass is 9.99. The van der Waals surface area contributed by atoms with Gasteiger partial charge in [-0.2, -0.15) is 5.10 Å². The Balaban J connectivity index is 1.28. The molecule has 0 aromatic carbocycles. The Morgan fingerprint density at radius 2 is 2.07 bits per heavy atom. The van der Waals surface area contributed by atoms with Gasteiger partial charge >= 0.3 is 0 Å². The number of nitrogens with one attached hydrogen (secondary N) is 2. The molecule has 0 radical (unpaired) electrons. The second-order valence-electron chi connectivity index (χ2n) is 8.28. The number of carbonyl (C=O) groups excluding carboxylic acids is 1. The quantitative estimate of drug-likeness (QED) is 0.870. The fourth-order valence-electron chi connectivity index (χ4n) is 4.53. The van der Waals surface area contributed by atoms with Gasteiger partial charge in [0.2, 0.25) is 0 Å². The number of aromatic amines is 1. The average Bonchev–Trinajstić information content (AvgIpc) is 3.33. The molecule has 6 heteroatoms. The van der Waals surface area contributed by atoms with Gasteiger partial charge in [0.05, 0.1) is 11.3 Å². The highest BCUT2D eigenvalue weighted by atomic mass is 16.2. The Morgan fingerprint density at radius 3 is 2.89 bits per heavy atom. The molecule has 6 nitrogen and oxygen atoms in total. The standard InChI is InChI=1S/C21H27N5O/c27-21(17-10-15(12-23-13-17)9-14-3-6-22-11-14)26-7-4-18-19(5-8-26)24-25-20(18)16-1-2-16/h10,12-14,16,22H,1-9,11H2,(H,24,25). The molecule has 1 saturated heterocycles. The molecule has 3 aliphatic rings. The first kappa shape index (κ1) is 16.9. The Labute approximate surface area is 159 Å². The summed E-state index contributed by atoms with van der Waals surface area (Å²) in [6, 6.07) is 2.05. The van der Waals surface area contributed by atoms with Gasteiger partial charge in [-0.1, -0.05) is 0 Å². The number of H-pyrrole nitrogens is 1. The van der Waals surface area contributed by atoms with Gasteiger partial charge in [0, 0.05) is 43.5 Å². The monoisotopic (exact) mass is 365 g/mol. The van der Waals surface area contributed by atoms with Crippen LogP contribution in [0.1, 0.15) is 58.1 Å². The van der Waals surface area contributed by atoms with Crippen LogP contribution in [0.4, 0.5) is 0 Å². The molecule has 1 atom stereocenters. The number of rotatable bonds is 4. The van der Waals surface area contributed by atoms with Crippen LogP contribution in [0.2, 0.25) is 0 Å². The zero-order chi connectivity index (χ0) is 18.2. The Morgan fingerprint density at radius 1 is 1.19 bits per heavy atom. The summed E-state index contributed by atoms with van der Waals surface area (Å²) in [5.41, 5.74) is 5.76. The van der Waals surface area contributed by atoms with E-state index < -0.39 is 0 Å². The van der Waals surface area contributed by atoms with E-state index in [-0.39, 0.29) is 5.91 Å². The molecule has 27 heavy (non-hydrogen) atoms. The summed E-state index contributed by atoms with van der Waals surface area (Å²) in [6.07, 6.45) is 10.1. The molecule has 4 heterocycles. The molecule has 142 valence electrons. The van der Waals surface area contributed by atoms with Crippen LogP contribution in [0.15, 0.2) is 18.5 Å². The van der Waals surface area contributed by atoms with Crippen LogP contribution >= 0.6 is 0 Å². The largest absolute Gasteiger partial charge is 0.338 e. The summed E-state index contributed by atoms with van der Waals surface area (Å²) in [5, 5.41) is 11.2. The normalized spacial score (nSPS) is 22.5. The van der Waals surface area contributed by atoms with Gasteiger partial charge in [-0.15, -0.1) is 0 Å². The van der Waals surface area contributed by atoms with E-state index in [0.717, 1.165) is 51.0 Å². The highest BCUT2D eigenvalue weighted by Gasteiger charge is 2.31. The molecule has 0 spiro atoms. The number of hydrogen-bond donors (Lipinski definition) is 2. The van der Waals surface area contributed by atoms with Crippen molar-refractivity contribution in [3.05, 3.63) is 46.5 Å². The minimum atomic E-state index is 0.111. The third-order valence-corrected chi connectivity index (χ3v) is 6.23. The minimum absolute atomic E-state index is 0.111. The first-order chi connectivity index (χ1) is 13.3. The van der Waals surface area contributed by atoms with Crippen molar-refractivity contribution in [1.82, 2.24) is 25.4 Å². The summed E-state index contributed by atoms with van der Waals surface area (Å²) in [6.45, 7) is 3.68. The summed E-state index contributed by atoms with van der Waals surface area (Å²) in [4.78, 5) is 19.4. The molecule has 1 aliphatic carbocycles. The Kier molecular flexibility index (Phi) is 4.44. The second kappa shape index (κ2) is 7.08. The third kappa shape index (κ3) is 3.50. The summed E-state index contributed by atoms with van der Waals surface area (Å²) >= 11 is 0. The highest BCUT2D eigenvalue weighted by Crippen LogP contribution is 2.41. The maximum absolute atomic E-state index is 13.1. The van der Waals surface area contributed by atoms with Crippen LogP contribution in [-0.2, 0) is 19.3 Å². The van der Waals surface area contributed by atoms with Gasteiger partial charge in [-0.05, 0) is 68.3 Å². The lowest BCUT2D eigenvalue weighted by Crippen LogP contribution is -2.33. The first-order valence-electron chi connectivity index (χ1n) is 10.3. The van der Waals surface area contributed by atoms with E-state index in [2.05, 4.69) is 26.6 Å². The maximum atomic E-state index is 13.1. The van der Waals surface area contributed by atoms with Gasteiger partial charge in [0.25, 0.3) is 5.91 Å². The van der Waals surface area contributed by atoms with Crippen LogP contribution in [0.5, 0.6) is 0 Å². The van der Waals surface area contributed by atoms with Gasteiger partial charge in [-0.25, -0.2) is 0 Å². The van der Waals surface area contributed by atoms with E-state index in [1.165, 1.54) is 41.8 Å². The number of fused-ring (bicyclic) bond motifs is 1. The molecule has 2 N–H and O–H groups in total. The summed E-state index contributed by atoms with van der Waals surface area (Å²) < 4.78 is 0. The number of hydrogen-bond acceptors (Lipinski definition) is 4. The van der Waals surface area contributed by atoms with Crippen LogP contribution in [0, 0.1) is 5.92 Å². The van der Waals surface area contributed by atoms with Gasteiger partial charge in [0.15, 0.2) is 0 Å². The van der Waals surface area contributed by atoms with Crippen molar-refractivity contribution in [2.45, 2.75) is 44.4 Å². The molecule has 1 amide bonds. The SMILES string of the molecule is O=C(c1cncc(CC2CCNC2)c1)N1CCc2[nH]nc(C3CC3)c2CC1. The fraction of sp³-hybridized carbons (Fsp3) is 0.571. The number of aromatic nitrogens is 3. The van der Waals surface area contributed by atoms with Gasteiger partial charge < -0.3 is 10.2 Å². The second-order valence-corrected chi connectivity index (χ2v) is 8.28. The van der Waals surface area contributed by atoms with E-state index in [0.29, 0.717) is 11.8 Å². The molecule has 2 aromatic rings. The zero-order valence-electron chi connectivity index (χ0n) is 15.7. The molecule has 1 saturated carbocycles. The van der Waals surface area contributed by atoms with E-state index in [4.69, 9.17) is 0 Å². The Hall–Kier alpha value is -2.21. The number of nitrogens with zero attached hydrogens (tertiary/aromatic N) is 3. The van der Waals surface area contributed by atoms with E-state index in [9.17, 15) is 4.79 Å².